The van der Waals surface area contributed by atoms with Gasteiger partial charge in [-0.1, -0.05) is 0 Å². The van der Waals surface area contributed by atoms with Gasteiger partial charge in [0.15, 0.2) is 0 Å². The van der Waals surface area contributed by atoms with Gasteiger partial charge in [-0.15, -0.1) is 0 Å². The van der Waals surface area contributed by atoms with Gasteiger partial charge in [0.2, 0.25) is 10.0 Å². The number of nitrogens with zero attached hydrogens (tertiary/aromatic N) is 2. The Morgan fingerprint density at radius 2 is 2.00 bits per heavy atom. The highest BCUT2D eigenvalue weighted by molar-refractivity contribution is 7.92. The van der Waals surface area contributed by atoms with Crippen LogP contribution in [0.3, 0.4) is 0 Å². The van der Waals surface area contributed by atoms with Crippen molar-refractivity contribution >= 4 is 15.7 Å². The molecule has 6 nitrogen and oxygen atoms in total. The predicted octanol–water partition coefficient (Wildman–Crippen LogP) is 0.247. The molecule has 0 saturated heterocycles. The molecule has 0 fully saturated rings. The summed E-state index contributed by atoms with van der Waals surface area (Å²) in [6, 6.07) is 0.199. The monoisotopic (exact) mass is 217 g/mol. The Balaban J connectivity index is 2.79. The maximum atomic E-state index is 11.1. The molecule has 1 aromatic rings. The highest BCUT2D eigenvalue weighted by Gasteiger charge is 2.06. The number of methoxy groups -OCH3 is 1. The van der Waals surface area contributed by atoms with E-state index >= 15 is 0 Å². The van der Waals surface area contributed by atoms with Gasteiger partial charge < -0.3 is 4.74 Å². The lowest BCUT2D eigenvalue weighted by atomic mass is 10.6. The normalized spacial score (nSPS) is 11.0. The molecular formula is C7H11N3O3S. The zero-order chi connectivity index (χ0) is 10.6. The van der Waals surface area contributed by atoms with Gasteiger partial charge in [0, 0.05) is 0 Å². The van der Waals surface area contributed by atoms with Crippen molar-refractivity contribution in [2.75, 3.05) is 17.6 Å². The second-order valence-electron chi connectivity index (χ2n) is 2.46. The third-order valence-electron chi connectivity index (χ3n) is 1.46. The van der Waals surface area contributed by atoms with E-state index in [1.54, 1.807) is 6.92 Å². The summed E-state index contributed by atoms with van der Waals surface area (Å²) in [6.45, 7) is 1.55. The van der Waals surface area contributed by atoms with E-state index in [4.69, 9.17) is 4.74 Å². The van der Waals surface area contributed by atoms with Crippen molar-refractivity contribution in [1.29, 1.82) is 0 Å². The average molecular weight is 217 g/mol. The van der Waals surface area contributed by atoms with Gasteiger partial charge in [0.25, 0.3) is 0 Å². The van der Waals surface area contributed by atoms with Crippen LogP contribution in [0.4, 0.5) is 5.69 Å². The molecule has 0 aliphatic heterocycles. The molecule has 0 spiro atoms. The number of sulfonamides is 1. The maximum absolute atomic E-state index is 11.1. The zero-order valence-electron chi connectivity index (χ0n) is 7.89. The van der Waals surface area contributed by atoms with Gasteiger partial charge in [0.05, 0.1) is 30.9 Å². The molecule has 0 aliphatic carbocycles. The molecule has 0 bridgehead atoms. The van der Waals surface area contributed by atoms with Crippen LogP contribution in [-0.2, 0) is 10.0 Å². The van der Waals surface area contributed by atoms with Crippen LogP contribution in [0.15, 0.2) is 12.4 Å². The van der Waals surface area contributed by atoms with E-state index in [9.17, 15) is 8.42 Å². The number of rotatable bonds is 4. The Morgan fingerprint density at radius 3 is 2.43 bits per heavy atom. The quantitative estimate of drug-likeness (QED) is 0.781. The number of hydrogen-bond acceptors (Lipinski definition) is 5. The topological polar surface area (TPSA) is 81.2 Å². The van der Waals surface area contributed by atoms with Gasteiger partial charge >= 0.3 is 6.01 Å². The highest BCUT2D eigenvalue weighted by Crippen LogP contribution is 2.08. The maximum Gasteiger partial charge on any atom is 0.316 e. The Hall–Kier alpha value is -1.37. The van der Waals surface area contributed by atoms with Gasteiger partial charge in [0.1, 0.15) is 0 Å². The molecule has 1 aromatic heterocycles. The minimum atomic E-state index is -3.26. The van der Waals surface area contributed by atoms with Crippen molar-refractivity contribution in [1.82, 2.24) is 9.97 Å². The minimum Gasteiger partial charge on any atom is -0.467 e. The molecule has 1 heterocycles. The van der Waals surface area contributed by atoms with Crippen LogP contribution in [0.25, 0.3) is 0 Å². The second kappa shape index (κ2) is 4.23. The van der Waals surface area contributed by atoms with Crippen LogP contribution < -0.4 is 9.46 Å². The molecule has 0 saturated carbocycles. The largest absolute Gasteiger partial charge is 0.467 e. The molecule has 0 radical (unpaired) electrons. The van der Waals surface area contributed by atoms with E-state index in [1.165, 1.54) is 19.5 Å². The molecule has 1 rings (SSSR count). The SMILES string of the molecule is CCS(=O)(=O)Nc1cnc(OC)nc1. The first-order chi connectivity index (χ1) is 6.57. The van der Waals surface area contributed by atoms with E-state index in [1.807, 2.05) is 0 Å². The fourth-order valence-corrected chi connectivity index (χ4v) is 1.33. The Kier molecular flexibility index (Phi) is 3.23. The number of aromatic nitrogens is 2. The Bertz CT molecular complexity index is 387. The summed E-state index contributed by atoms with van der Waals surface area (Å²) >= 11 is 0. The first-order valence-corrected chi connectivity index (χ1v) is 5.59. The molecule has 0 aliphatic rings. The van der Waals surface area contributed by atoms with E-state index in [2.05, 4.69) is 14.7 Å². The first-order valence-electron chi connectivity index (χ1n) is 3.94. The number of hydrogen-bond donors (Lipinski definition) is 1. The predicted molar refractivity (Wildman–Crippen MR) is 51.7 cm³/mol. The van der Waals surface area contributed by atoms with Gasteiger partial charge in [-0.25, -0.2) is 18.4 Å². The van der Waals surface area contributed by atoms with Crippen molar-refractivity contribution in [3.8, 4) is 6.01 Å². The lowest BCUT2D eigenvalue weighted by molar-refractivity contribution is 0.380. The zero-order valence-corrected chi connectivity index (χ0v) is 8.71. The van der Waals surface area contributed by atoms with Crippen molar-refractivity contribution in [3.05, 3.63) is 12.4 Å². The third kappa shape index (κ3) is 2.84. The summed E-state index contributed by atoms with van der Waals surface area (Å²) in [4.78, 5) is 7.51. The van der Waals surface area contributed by atoms with Crippen LogP contribution in [0.1, 0.15) is 6.92 Å². The van der Waals surface area contributed by atoms with Crippen LogP contribution in [0.2, 0.25) is 0 Å². The summed E-state index contributed by atoms with van der Waals surface area (Å²) in [6.07, 6.45) is 2.69. The molecule has 14 heavy (non-hydrogen) atoms. The van der Waals surface area contributed by atoms with Crippen LogP contribution >= 0.6 is 0 Å². The standard InChI is InChI=1S/C7H11N3O3S/c1-3-14(11,12)10-6-4-8-7(13-2)9-5-6/h4-5,10H,3H2,1-2H3. The van der Waals surface area contributed by atoms with Gasteiger partial charge in [-0.3, -0.25) is 4.72 Å². The summed E-state index contributed by atoms with van der Waals surface area (Å²) in [5.74, 6) is 0.0129. The number of anilines is 1. The second-order valence-corrected chi connectivity index (χ2v) is 4.47. The summed E-state index contributed by atoms with van der Waals surface area (Å²) in [5.41, 5.74) is 0.327. The molecule has 78 valence electrons. The van der Waals surface area contributed by atoms with Gasteiger partial charge in [-0.2, -0.15) is 0 Å². The minimum absolute atomic E-state index is 0.0129. The van der Waals surface area contributed by atoms with Crippen LogP contribution in [0.5, 0.6) is 6.01 Å². The highest BCUT2D eigenvalue weighted by atomic mass is 32.2. The van der Waals surface area contributed by atoms with Crippen LogP contribution in [0, 0.1) is 0 Å². The summed E-state index contributed by atoms with van der Waals surface area (Å²) < 4.78 is 29.3. The van der Waals surface area contributed by atoms with E-state index < -0.39 is 10.0 Å². The first kappa shape index (κ1) is 10.7. The van der Waals surface area contributed by atoms with Gasteiger partial charge in [-0.05, 0) is 6.92 Å². The summed E-state index contributed by atoms with van der Waals surface area (Å²) in [5, 5.41) is 0. The molecule has 7 heteroatoms. The van der Waals surface area contributed by atoms with Crippen LogP contribution in [-0.4, -0.2) is 31.2 Å². The lowest BCUT2D eigenvalue weighted by Gasteiger charge is -2.04. The molecule has 0 unspecified atom stereocenters. The van der Waals surface area contributed by atoms with E-state index in [-0.39, 0.29) is 11.8 Å². The Labute approximate surface area is 82.4 Å². The average Bonchev–Trinajstić information content (AvgIpc) is 2.19. The third-order valence-corrected chi connectivity index (χ3v) is 2.77. The number of ether oxygens (including phenoxy) is 1. The molecule has 1 N–H and O–H groups in total. The van der Waals surface area contributed by atoms with Crippen molar-refractivity contribution in [2.45, 2.75) is 6.92 Å². The molecule has 0 amide bonds. The fraction of sp³-hybridized carbons (Fsp3) is 0.429. The summed E-state index contributed by atoms with van der Waals surface area (Å²) in [7, 11) is -1.83. The molecule has 0 atom stereocenters. The lowest BCUT2D eigenvalue weighted by Crippen LogP contribution is -2.14. The fourth-order valence-electron chi connectivity index (χ4n) is 0.726. The molecule has 0 aromatic carbocycles. The van der Waals surface area contributed by atoms with E-state index in [0.29, 0.717) is 5.69 Å². The Morgan fingerprint density at radius 1 is 1.43 bits per heavy atom. The molecular weight excluding hydrogens is 206 g/mol. The van der Waals surface area contributed by atoms with E-state index in [0.717, 1.165) is 0 Å². The van der Waals surface area contributed by atoms with Crippen molar-refractivity contribution in [3.63, 3.8) is 0 Å². The smallest absolute Gasteiger partial charge is 0.316 e. The number of nitrogens with one attached hydrogen (secondary N) is 1. The van der Waals surface area contributed by atoms with Crippen molar-refractivity contribution < 1.29 is 13.2 Å². The van der Waals surface area contributed by atoms with Crippen molar-refractivity contribution in [2.24, 2.45) is 0 Å².